The third-order valence-corrected chi connectivity index (χ3v) is 3.92. The first-order valence-corrected chi connectivity index (χ1v) is 7.99. The Bertz CT molecular complexity index is 808. The van der Waals surface area contributed by atoms with Gasteiger partial charge in [0.1, 0.15) is 5.82 Å². The fourth-order valence-electron chi connectivity index (χ4n) is 2.58. The molecule has 0 spiro atoms. The molecular weight excluding hydrogens is 296 g/mol. The maximum atomic E-state index is 6.10. The zero-order valence-corrected chi connectivity index (χ0v) is 14.2. The molecule has 22 heavy (non-hydrogen) atoms. The number of aromatic nitrogens is 4. The van der Waals surface area contributed by atoms with Crippen LogP contribution < -0.4 is 0 Å². The monoisotopic (exact) mass is 316 g/mol. The molecular formula is C17H21ClN4. The highest BCUT2D eigenvalue weighted by molar-refractivity contribution is 6.31. The van der Waals surface area contributed by atoms with Crippen molar-refractivity contribution in [1.82, 2.24) is 19.3 Å². The van der Waals surface area contributed by atoms with Gasteiger partial charge < -0.3 is 4.57 Å². The van der Waals surface area contributed by atoms with Gasteiger partial charge in [0.25, 0.3) is 0 Å². The van der Waals surface area contributed by atoms with E-state index in [9.17, 15) is 0 Å². The van der Waals surface area contributed by atoms with E-state index in [1.165, 1.54) is 0 Å². The van der Waals surface area contributed by atoms with Crippen molar-refractivity contribution < 1.29 is 0 Å². The largest absolute Gasteiger partial charge is 0.324 e. The standard InChI is InChI=1S/C17H21ClN4/c1-5-8-21-15-7-6-13(18)9-14(15)20-16(21)12-10-19-22(11-12)17(2,3)4/h6-7,9-11H,5,8H2,1-4H3. The number of nitrogens with zero attached hydrogens (tertiary/aromatic N) is 4. The molecule has 1 aromatic carbocycles. The highest BCUT2D eigenvalue weighted by Gasteiger charge is 2.18. The predicted octanol–water partition coefficient (Wildman–Crippen LogP) is 4.72. The van der Waals surface area contributed by atoms with Gasteiger partial charge in [0.15, 0.2) is 0 Å². The van der Waals surface area contributed by atoms with Gasteiger partial charge >= 0.3 is 0 Å². The number of imidazole rings is 1. The Hall–Kier alpha value is -1.81. The first-order chi connectivity index (χ1) is 10.4. The van der Waals surface area contributed by atoms with Gasteiger partial charge in [-0.15, -0.1) is 0 Å². The third kappa shape index (κ3) is 2.63. The highest BCUT2D eigenvalue weighted by Crippen LogP contribution is 2.28. The van der Waals surface area contributed by atoms with Crippen LogP contribution in [0.5, 0.6) is 0 Å². The summed E-state index contributed by atoms with van der Waals surface area (Å²) in [5.41, 5.74) is 3.04. The van der Waals surface area contributed by atoms with Crippen LogP contribution in [0.3, 0.4) is 0 Å². The van der Waals surface area contributed by atoms with Crippen molar-refractivity contribution in [2.75, 3.05) is 0 Å². The molecule has 0 saturated heterocycles. The molecule has 3 aromatic rings. The second kappa shape index (κ2) is 5.43. The summed E-state index contributed by atoms with van der Waals surface area (Å²) >= 11 is 6.10. The summed E-state index contributed by atoms with van der Waals surface area (Å²) in [6.45, 7) is 9.51. The molecule has 4 nitrogen and oxygen atoms in total. The molecule has 0 fully saturated rings. The molecule has 0 N–H and O–H groups in total. The second-order valence-electron chi connectivity index (χ2n) is 6.56. The van der Waals surface area contributed by atoms with E-state index in [-0.39, 0.29) is 5.54 Å². The van der Waals surface area contributed by atoms with Crippen LogP contribution in [0.4, 0.5) is 0 Å². The van der Waals surface area contributed by atoms with Crippen molar-refractivity contribution in [2.45, 2.75) is 46.2 Å². The quantitative estimate of drug-likeness (QED) is 0.701. The Kier molecular flexibility index (Phi) is 3.73. The van der Waals surface area contributed by atoms with E-state index in [1.807, 2.05) is 29.1 Å². The Balaban J connectivity index is 2.17. The minimum atomic E-state index is -0.0385. The van der Waals surface area contributed by atoms with Gasteiger partial charge in [-0.1, -0.05) is 18.5 Å². The molecule has 0 unspecified atom stereocenters. The van der Waals surface area contributed by atoms with Crippen LogP contribution in [-0.4, -0.2) is 19.3 Å². The summed E-state index contributed by atoms with van der Waals surface area (Å²) in [4.78, 5) is 4.78. The molecule has 0 amide bonds. The van der Waals surface area contributed by atoms with Crippen LogP contribution in [0.15, 0.2) is 30.6 Å². The molecule has 5 heteroatoms. The number of aryl methyl sites for hydroxylation is 1. The Labute approximate surface area is 135 Å². The smallest absolute Gasteiger partial charge is 0.144 e. The van der Waals surface area contributed by atoms with Gasteiger partial charge in [-0.25, -0.2) is 4.98 Å². The lowest BCUT2D eigenvalue weighted by Gasteiger charge is -2.18. The van der Waals surface area contributed by atoms with Crippen molar-refractivity contribution in [3.05, 3.63) is 35.6 Å². The molecule has 3 rings (SSSR count). The molecule has 0 aliphatic carbocycles. The van der Waals surface area contributed by atoms with Crippen LogP contribution in [0.1, 0.15) is 34.1 Å². The molecule has 0 saturated carbocycles. The second-order valence-corrected chi connectivity index (χ2v) is 7.00. The average Bonchev–Trinajstić information content (AvgIpc) is 3.03. The van der Waals surface area contributed by atoms with Crippen LogP contribution in [-0.2, 0) is 12.1 Å². The van der Waals surface area contributed by atoms with Crippen LogP contribution in [0.2, 0.25) is 5.02 Å². The maximum absolute atomic E-state index is 6.10. The fourth-order valence-corrected chi connectivity index (χ4v) is 2.74. The molecule has 2 aromatic heterocycles. The number of hydrogen-bond donors (Lipinski definition) is 0. The molecule has 116 valence electrons. The van der Waals surface area contributed by atoms with Crippen molar-refractivity contribution in [2.24, 2.45) is 0 Å². The summed E-state index contributed by atoms with van der Waals surface area (Å²) in [5.74, 6) is 0.953. The summed E-state index contributed by atoms with van der Waals surface area (Å²) in [6, 6.07) is 5.87. The van der Waals surface area contributed by atoms with Gasteiger partial charge in [-0.2, -0.15) is 5.10 Å². The van der Waals surface area contributed by atoms with E-state index in [1.54, 1.807) is 0 Å². The predicted molar refractivity (Wildman–Crippen MR) is 91.3 cm³/mol. The summed E-state index contributed by atoms with van der Waals surface area (Å²) in [7, 11) is 0. The van der Waals surface area contributed by atoms with E-state index in [0.717, 1.165) is 35.4 Å². The Morgan fingerprint density at radius 1 is 1.23 bits per heavy atom. The number of halogens is 1. The van der Waals surface area contributed by atoms with E-state index >= 15 is 0 Å². The molecule has 2 heterocycles. The van der Waals surface area contributed by atoms with Crippen molar-refractivity contribution >= 4 is 22.6 Å². The number of fused-ring (bicyclic) bond motifs is 1. The Morgan fingerprint density at radius 2 is 2.00 bits per heavy atom. The normalized spacial score (nSPS) is 12.2. The lowest BCUT2D eigenvalue weighted by molar-refractivity contribution is 0.355. The summed E-state index contributed by atoms with van der Waals surface area (Å²) in [6.07, 6.45) is 5.00. The first-order valence-electron chi connectivity index (χ1n) is 7.61. The van der Waals surface area contributed by atoms with E-state index < -0.39 is 0 Å². The van der Waals surface area contributed by atoms with Gasteiger partial charge in [-0.05, 0) is 45.4 Å². The van der Waals surface area contributed by atoms with Crippen LogP contribution >= 0.6 is 11.6 Å². The summed E-state index contributed by atoms with van der Waals surface area (Å²) in [5, 5.41) is 5.20. The third-order valence-electron chi connectivity index (χ3n) is 3.69. The number of benzene rings is 1. The lowest BCUT2D eigenvalue weighted by Crippen LogP contribution is -2.21. The van der Waals surface area contributed by atoms with Gasteiger partial charge in [0.2, 0.25) is 0 Å². The van der Waals surface area contributed by atoms with Crippen molar-refractivity contribution in [3.8, 4) is 11.4 Å². The molecule has 0 bridgehead atoms. The highest BCUT2D eigenvalue weighted by atomic mass is 35.5. The summed E-state index contributed by atoms with van der Waals surface area (Å²) < 4.78 is 4.22. The van der Waals surface area contributed by atoms with Crippen molar-refractivity contribution in [3.63, 3.8) is 0 Å². The minimum absolute atomic E-state index is 0.0385. The number of rotatable bonds is 3. The zero-order valence-electron chi connectivity index (χ0n) is 13.5. The number of hydrogen-bond acceptors (Lipinski definition) is 2. The van der Waals surface area contributed by atoms with Gasteiger partial charge in [-0.3, -0.25) is 4.68 Å². The van der Waals surface area contributed by atoms with Crippen molar-refractivity contribution in [1.29, 1.82) is 0 Å². The topological polar surface area (TPSA) is 35.6 Å². The van der Waals surface area contributed by atoms with Crippen LogP contribution in [0.25, 0.3) is 22.4 Å². The van der Waals surface area contributed by atoms with Crippen LogP contribution in [0, 0.1) is 0 Å². The zero-order chi connectivity index (χ0) is 15.9. The lowest BCUT2D eigenvalue weighted by atomic mass is 10.1. The van der Waals surface area contributed by atoms with E-state index in [0.29, 0.717) is 5.02 Å². The first kappa shape index (κ1) is 15.1. The molecule has 0 aliphatic heterocycles. The van der Waals surface area contributed by atoms with Gasteiger partial charge in [0, 0.05) is 17.8 Å². The minimum Gasteiger partial charge on any atom is -0.324 e. The fraction of sp³-hybridized carbons (Fsp3) is 0.412. The van der Waals surface area contributed by atoms with Gasteiger partial charge in [0.05, 0.1) is 28.3 Å². The molecule has 0 atom stereocenters. The Morgan fingerprint density at radius 3 is 2.64 bits per heavy atom. The maximum Gasteiger partial charge on any atom is 0.144 e. The SMILES string of the molecule is CCCn1c(-c2cnn(C(C)(C)C)c2)nc2cc(Cl)ccc21. The molecule has 0 radical (unpaired) electrons. The average molecular weight is 317 g/mol. The molecule has 0 aliphatic rings. The van der Waals surface area contributed by atoms with E-state index in [2.05, 4.69) is 43.6 Å². The van der Waals surface area contributed by atoms with E-state index in [4.69, 9.17) is 16.6 Å².